The molecule has 0 aliphatic heterocycles. The van der Waals surface area contributed by atoms with Crippen LogP contribution in [0.15, 0.2) is 0 Å². The Morgan fingerprint density at radius 3 is 2.72 bits per heavy atom. The van der Waals surface area contributed by atoms with Gasteiger partial charge in [0.25, 0.3) is 0 Å². The van der Waals surface area contributed by atoms with Crippen LogP contribution in [-0.4, -0.2) is 35.1 Å². The van der Waals surface area contributed by atoms with Crippen molar-refractivity contribution in [3.63, 3.8) is 0 Å². The van der Waals surface area contributed by atoms with Gasteiger partial charge in [0.05, 0.1) is 6.61 Å². The number of ether oxygens (including phenoxy) is 1. The van der Waals surface area contributed by atoms with Gasteiger partial charge in [0.15, 0.2) is 5.69 Å². The lowest BCUT2D eigenvalue weighted by molar-refractivity contribution is -0.120. The topological polar surface area (TPSA) is 99.2 Å². The van der Waals surface area contributed by atoms with Crippen molar-refractivity contribution < 1.29 is 14.3 Å². The lowest BCUT2D eigenvalue weighted by atomic mass is 10.3. The first-order valence-electron chi connectivity index (χ1n) is 5.71. The highest BCUT2D eigenvalue weighted by Crippen LogP contribution is 2.15. The summed E-state index contributed by atoms with van der Waals surface area (Å²) in [6, 6.07) is 0. The Kier molecular flexibility index (Phi) is 4.70. The second-order valence-corrected chi connectivity index (χ2v) is 3.69. The van der Waals surface area contributed by atoms with E-state index in [1.807, 2.05) is 0 Å². The van der Waals surface area contributed by atoms with Crippen LogP contribution in [0, 0.1) is 6.92 Å². The molecule has 1 aromatic rings. The van der Waals surface area contributed by atoms with Crippen molar-refractivity contribution in [1.29, 1.82) is 0 Å². The predicted octanol–water partition coefficient (Wildman–Crippen LogP) is 0.0865. The highest BCUT2D eigenvalue weighted by Gasteiger charge is 2.19. The van der Waals surface area contributed by atoms with Crippen LogP contribution in [-0.2, 0) is 16.1 Å². The number of nitrogens with one attached hydrogen (secondary N) is 1. The van der Waals surface area contributed by atoms with Crippen LogP contribution in [0.4, 0.5) is 5.82 Å². The predicted molar refractivity (Wildman–Crippen MR) is 66.0 cm³/mol. The summed E-state index contributed by atoms with van der Waals surface area (Å²) in [5, 5.41) is 2.52. The van der Waals surface area contributed by atoms with Crippen LogP contribution in [0.2, 0.25) is 0 Å². The van der Waals surface area contributed by atoms with Gasteiger partial charge in [-0.25, -0.2) is 9.78 Å². The molecule has 0 fully saturated rings. The molecule has 0 aromatic carbocycles. The number of hydrogen-bond donors (Lipinski definition) is 2. The Labute approximate surface area is 105 Å². The van der Waals surface area contributed by atoms with Crippen LogP contribution >= 0.6 is 0 Å². The minimum absolute atomic E-state index is 0.0971. The van der Waals surface area contributed by atoms with E-state index < -0.39 is 5.97 Å². The normalized spacial score (nSPS) is 10.2. The Balaban J connectivity index is 2.87. The molecule has 0 spiro atoms. The van der Waals surface area contributed by atoms with Crippen LogP contribution in [0.1, 0.15) is 29.7 Å². The third-order valence-corrected chi connectivity index (χ3v) is 2.51. The smallest absolute Gasteiger partial charge is 0.360 e. The number of nitrogen functional groups attached to an aromatic ring is 1. The Hall–Kier alpha value is -2.05. The van der Waals surface area contributed by atoms with E-state index in [4.69, 9.17) is 10.5 Å². The van der Waals surface area contributed by atoms with Crippen LogP contribution in [0.25, 0.3) is 0 Å². The van der Waals surface area contributed by atoms with Crippen molar-refractivity contribution in [3.05, 3.63) is 11.5 Å². The van der Waals surface area contributed by atoms with Crippen LogP contribution < -0.4 is 11.1 Å². The first-order valence-corrected chi connectivity index (χ1v) is 5.71. The van der Waals surface area contributed by atoms with E-state index in [1.165, 1.54) is 0 Å². The molecule has 0 aliphatic rings. The maximum Gasteiger partial charge on any atom is 0.360 e. The highest BCUT2D eigenvalue weighted by atomic mass is 16.5. The quantitative estimate of drug-likeness (QED) is 0.725. The number of hydrogen-bond acceptors (Lipinski definition) is 5. The molecule has 0 saturated heterocycles. The van der Waals surface area contributed by atoms with E-state index >= 15 is 0 Å². The van der Waals surface area contributed by atoms with Gasteiger partial charge in [-0.15, -0.1) is 0 Å². The lowest BCUT2D eigenvalue weighted by Crippen LogP contribution is -2.20. The monoisotopic (exact) mass is 254 g/mol. The number of aryl methyl sites for hydroxylation is 1. The zero-order valence-corrected chi connectivity index (χ0v) is 10.8. The maximum atomic E-state index is 11.6. The van der Waals surface area contributed by atoms with Gasteiger partial charge >= 0.3 is 5.97 Å². The second kappa shape index (κ2) is 6.04. The molecule has 7 heteroatoms. The van der Waals surface area contributed by atoms with Crippen molar-refractivity contribution in [3.8, 4) is 0 Å². The van der Waals surface area contributed by atoms with Crippen LogP contribution in [0.3, 0.4) is 0 Å². The molecule has 0 radical (unpaired) electrons. The van der Waals surface area contributed by atoms with Gasteiger partial charge in [-0.05, 0) is 13.8 Å². The van der Waals surface area contributed by atoms with Crippen LogP contribution in [0.5, 0.6) is 0 Å². The van der Waals surface area contributed by atoms with Gasteiger partial charge in [-0.3, -0.25) is 4.79 Å². The number of anilines is 1. The Morgan fingerprint density at radius 2 is 2.17 bits per heavy atom. The molecule has 0 aliphatic carbocycles. The van der Waals surface area contributed by atoms with E-state index in [2.05, 4.69) is 10.3 Å². The molecule has 7 nitrogen and oxygen atoms in total. The summed E-state index contributed by atoms with van der Waals surface area (Å²) < 4.78 is 6.48. The summed E-state index contributed by atoms with van der Waals surface area (Å²) in [5.41, 5.74) is 5.93. The largest absolute Gasteiger partial charge is 0.461 e. The average Bonchev–Trinajstić information content (AvgIpc) is 2.62. The molecule has 0 saturated carbocycles. The third-order valence-electron chi connectivity index (χ3n) is 2.51. The standard InChI is InChI=1S/C11H18N4O3/c1-4-18-11(17)9-10(12)15(7(2)14-9)6-5-8(16)13-3/h4-6,12H2,1-3H3,(H,13,16). The molecule has 100 valence electrons. The van der Waals surface area contributed by atoms with E-state index in [0.29, 0.717) is 12.4 Å². The molecule has 1 amide bonds. The van der Waals surface area contributed by atoms with Crippen molar-refractivity contribution in [1.82, 2.24) is 14.9 Å². The van der Waals surface area contributed by atoms with E-state index in [0.717, 1.165) is 0 Å². The van der Waals surface area contributed by atoms with E-state index in [1.54, 1.807) is 25.5 Å². The van der Waals surface area contributed by atoms with Crippen molar-refractivity contribution in [2.45, 2.75) is 26.8 Å². The molecule has 3 N–H and O–H groups in total. The van der Waals surface area contributed by atoms with E-state index in [-0.39, 0.29) is 30.4 Å². The number of imidazole rings is 1. The maximum absolute atomic E-state index is 11.6. The molecular formula is C11H18N4O3. The zero-order chi connectivity index (χ0) is 13.7. The zero-order valence-electron chi connectivity index (χ0n) is 10.8. The van der Waals surface area contributed by atoms with Gasteiger partial charge in [0, 0.05) is 20.0 Å². The van der Waals surface area contributed by atoms with Crippen molar-refractivity contribution in [2.24, 2.45) is 0 Å². The molecule has 18 heavy (non-hydrogen) atoms. The molecular weight excluding hydrogens is 236 g/mol. The molecule has 1 aromatic heterocycles. The number of rotatable bonds is 5. The minimum Gasteiger partial charge on any atom is -0.461 e. The SMILES string of the molecule is CCOC(=O)c1nc(C)n(CCC(=O)NC)c1N. The number of amides is 1. The van der Waals surface area contributed by atoms with Gasteiger partial charge in [0.1, 0.15) is 11.6 Å². The molecule has 1 rings (SSSR count). The number of nitrogens with two attached hydrogens (primary N) is 1. The number of nitrogens with zero attached hydrogens (tertiary/aromatic N) is 2. The molecule has 0 bridgehead atoms. The first kappa shape index (κ1) is 14.0. The number of esters is 1. The Bertz CT molecular complexity index is 453. The van der Waals surface area contributed by atoms with Gasteiger partial charge in [-0.2, -0.15) is 0 Å². The minimum atomic E-state index is -0.545. The third kappa shape index (κ3) is 2.99. The number of aromatic nitrogens is 2. The average molecular weight is 254 g/mol. The molecule has 0 atom stereocenters. The Morgan fingerprint density at radius 1 is 1.50 bits per heavy atom. The fourth-order valence-corrected chi connectivity index (χ4v) is 1.55. The van der Waals surface area contributed by atoms with Gasteiger partial charge < -0.3 is 20.4 Å². The fourth-order valence-electron chi connectivity index (χ4n) is 1.55. The molecule has 1 heterocycles. The van der Waals surface area contributed by atoms with Crippen molar-refractivity contribution in [2.75, 3.05) is 19.4 Å². The summed E-state index contributed by atoms with van der Waals surface area (Å²) >= 11 is 0. The van der Waals surface area contributed by atoms with Crippen molar-refractivity contribution >= 4 is 17.7 Å². The highest BCUT2D eigenvalue weighted by molar-refractivity contribution is 5.92. The summed E-state index contributed by atoms with van der Waals surface area (Å²) in [5.74, 6) is 0.172. The molecule has 0 unspecified atom stereocenters. The summed E-state index contributed by atoms with van der Waals surface area (Å²) in [6.07, 6.45) is 0.278. The summed E-state index contributed by atoms with van der Waals surface area (Å²) in [6.45, 7) is 4.08. The van der Waals surface area contributed by atoms with E-state index in [9.17, 15) is 9.59 Å². The second-order valence-electron chi connectivity index (χ2n) is 3.69. The number of carbonyl (C=O) groups is 2. The van der Waals surface area contributed by atoms with Gasteiger partial charge in [0.2, 0.25) is 5.91 Å². The first-order chi connectivity index (χ1) is 8.51. The number of carbonyl (C=O) groups excluding carboxylic acids is 2. The lowest BCUT2D eigenvalue weighted by Gasteiger charge is -2.06. The van der Waals surface area contributed by atoms with Gasteiger partial charge in [-0.1, -0.05) is 0 Å². The summed E-state index contributed by atoms with van der Waals surface area (Å²) in [4.78, 5) is 26.8. The summed E-state index contributed by atoms with van der Waals surface area (Å²) in [7, 11) is 1.57. The fraction of sp³-hybridized carbons (Fsp3) is 0.545.